The van der Waals surface area contributed by atoms with Crippen LogP contribution in [0, 0.1) is 5.92 Å². The van der Waals surface area contributed by atoms with Gasteiger partial charge < -0.3 is 15.4 Å². The zero-order valence-corrected chi connectivity index (χ0v) is 11.3. The van der Waals surface area contributed by atoms with Crippen LogP contribution in [0.15, 0.2) is 18.2 Å². The van der Waals surface area contributed by atoms with Gasteiger partial charge in [0.2, 0.25) is 0 Å². The van der Waals surface area contributed by atoms with Gasteiger partial charge in [-0.1, -0.05) is 6.07 Å². The lowest BCUT2D eigenvalue weighted by molar-refractivity contribution is 0.0945. The van der Waals surface area contributed by atoms with Crippen molar-refractivity contribution < 1.29 is 9.53 Å². The Morgan fingerprint density at radius 2 is 2.42 bits per heavy atom. The first-order valence-electron chi connectivity index (χ1n) is 6.86. The van der Waals surface area contributed by atoms with Crippen molar-refractivity contribution in [3.05, 3.63) is 23.9 Å². The third-order valence-corrected chi connectivity index (χ3v) is 3.20. The first kappa shape index (κ1) is 13.8. The van der Waals surface area contributed by atoms with Crippen molar-refractivity contribution in [3.63, 3.8) is 0 Å². The Labute approximate surface area is 113 Å². The van der Waals surface area contributed by atoms with Crippen LogP contribution in [0.25, 0.3) is 0 Å². The quantitative estimate of drug-likeness (QED) is 0.819. The smallest absolute Gasteiger partial charge is 0.269 e. The maximum absolute atomic E-state index is 11.9. The summed E-state index contributed by atoms with van der Waals surface area (Å²) in [6, 6.07) is 5.43. The van der Waals surface area contributed by atoms with Crippen LogP contribution in [-0.2, 0) is 4.74 Å². The number of hydrogen-bond acceptors (Lipinski definition) is 4. The molecule has 1 aliphatic heterocycles. The lowest BCUT2D eigenvalue weighted by Crippen LogP contribution is -2.27. The average Bonchev–Trinajstić information content (AvgIpc) is 2.92. The maximum atomic E-state index is 11.9. The van der Waals surface area contributed by atoms with Crippen molar-refractivity contribution in [1.82, 2.24) is 10.3 Å². The van der Waals surface area contributed by atoms with Gasteiger partial charge in [0.05, 0.1) is 0 Å². The van der Waals surface area contributed by atoms with E-state index in [1.54, 1.807) is 6.07 Å². The average molecular weight is 263 g/mol. The van der Waals surface area contributed by atoms with E-state index in [1.807, 2.05) is 19.1 Å². The second kappa shape index (κ2) is 7.09. The van der Waals surface area contributed by atoms with E-state index in [9.17, 15) is 4.79 Å². The fourth-order valence-corrected chi connectivity index (χ4v) is 2.13. The van der Waals surface area contributed by atoms with E-state index in [-0.39, 0.29) is 5.91 Å². The molecule has 0 aromatic carbocycles. The van der Waals surface area contributed by atoms with Crippen LogP contribution in [0.2, 0.25) is 0 Å². The van der Waals surface area contributed by atoms with Crippen LogP contribution in [0.3, 0.4) is 0 Å². The number of aromatic nitrogens is 1. The van der Waals surface area contributed by atoms with Crippen LogP contribution in [0.5, 0.6) is 0 Å². The van der Waals surface area contributed by atoms with Crippen LogP contribution in [-0.4, -0.2) is 37.2 Å². The Morgan fingerprint density at radius 1 is 1.53 bits per heavy atom. The summed E-state index contributed by atoms with van der Waals surface area (Å²) in [6.45, 7) is 5.15. The van der Waals surface area contributed by atoms with Crippen molar-refractivity contribution in [1.29, 1.82) is 0 Å². The molecule has 2 N–H and O–H groups in total. The number of rotatable bonds is 6. The summed E-state index contributed by atoms with van der Waals surface area (Å²) < 4.78 is 5.31. The monoisotopic (exact) mass is 263 g/mol. The molecular weight excluding hydrogens is 242 g/mol. The molecule has 1 atom stereocenters. The SMILES string of the molecule is CCNc1cccc(C(=O)NCCC2CCOC2)n1. The van der Waals surface area contributed by atoms with Gasteiger partial charge in [-0.25, -0.2) is 4.98 Å². The van der Waals surface area contributed by atoms with Gasteiger partial charge in [0, 0.05) is 26.3 Å². The number of amides is 1. The first-order valence-corrected chi connectivity index (χ1v) is 6.86. The zero-order valence-electron chi connectivity index (χ0n) is 11.3. The van der Waals surface area contributed by atoms with Crippen molar-refractivity contribution in [2.75, 3.05) is 31.6 Å². The lowest BCUT2D eigenvalue weighted by Gasteiger charge is -2.09. The van der Waals surface area contributed by atoms with Gasteiger partial charge in [-0.05, 0) is 37.8 Å². The molecule has 1 amide bonds. The minimum Gasteiger partial charge on any atom is -0.381 e. The molecule has 5 heteroatoms. The molecule has 1 aromatic heterocycles. The third kappa shape index (κ3) is 4.21. The number of nitrogens with one attached hydrogen (secondary N) is 2. The number of nitrogens with zero attached hydrogens (tertiary/aromatic N) is 1. The van der Waals surface area contributed by atoms with Crippen molar-refractivity contribution in [2.24, 2.45) is 5.92 Å². The molecule has 5 nitrogen and oxygen atoms in total. The molecule has 1 unspecified atom stereocenters. The normalized spacial score (nSPS) is 18.3. The molecule has 0 saturated carbocycles. The molecular formula is C14H21N3O2. The highest BCUT2D eigenvalue weighted by atomic mass is 16.5. The number of anilines is 1. The summed E-state index contributed by atoms with van der Waals surface area (Å²) in [5.74, 6) is 1.21. The van der Waals surface area contributed by atoms with Gasteiger partial charge >= 0.3 is 0 Å². The fourth-order valence-electron chi connectivity index (χ4n) is 2.13. The number of carbonyl (C=O) groups excluding carboxylic acids is 1. The highest BCUT2D eigenvalue weighted by Crippen LogP contribution is 2.15. The molecule has 1 saturated heterocycles. The second-order valence-electron chi connectivity index (χ2n) is 4.71. The molecule has 0 radical (unpaired) electrons. The molecule has 1 aliphatic rings. The Balaban J connectivity index is 1.79. The molecule has 19 heavy (non-hydrogen) atoms. The molecule has 2 rings (SSSR count). The Kier molecular flexibility index (Phi) is 5.15. The molecule has 1 fully saturated rings. The van der Waals surface area contributed by atoms with Gasteiger partial charge in [0.15, 0.2) is 0 Å². The van der Waals surface area contributed by atoms with Gasteiger partial charge in [-0.15, -0.1) is 0 Å². The highest BCUT2D eigenvalue weighted by molar-refractivity contribution is 5.92. The predicted molar refractivity (Wildman–Crippen MR) is 74.3 cm³/mol. The lowest BCUT2D eigenvalue weighted by atomic mass is 10.1. The molecule has 0 bridgehead atoms. The number of pyridine rings is 1. The molecule has 104 valence electrons. The van der Waals surface area contributed by atoms with E-state index in [1.165, 1.54) is 0 Å². The Morgan fingerprint density at radius 3 is 3.16 bits per heavy atom. The van der Waals surface area contributed by atoms with Gasteiger partial charge in [-0.3, -0.25) is 4.79 Å². The van der Waals surface area contributed by atoms with E-state index >= 15 is 0 Å². The Hall–Kier alpha value is -1.62. The largest absolute Gasteiger partial charge is 0.381 e. The predicted octanol–water partition coefficient (Wildman–Crippen LogP) is 1.67. The number of ether oxygens (including phenoxy) is 1. The van der Waals surface area contributed by atoms with E-state index in [0.29, 0.717) is 18.2 Å². The summed E-state index contributed by atoms with van der Waals surface area (Å²) in [7, 11) is 0. The van der Waals surface area contributed by atoms with E-state index in [0.717, 1.165) is 38.4 Å². The van der Waals surface area contributed by atoms with E-state index < -0.39 is 0 Å². The summed E-state index contributed by atoms with van der Waals surface area (Å²) in [4.78, 5) is 16.2. The minimum absolute atomic E-state index is 0.112. The summed E-state index contributed by atoms with van der Waals surface area (Å²) in [6.07, 6.45) is 2.07. The van der Waals surface area contributed by atoms with Crippen molar-refractivity contribution in [2.45, 2.75) is 19.8 Å². The highest BCUT2D eigenvalue weighted by Gasteiger charge is 2.15. The second-order valence-corrected chi connectivity index (χ2v) is 4.71. The van der Waals surface area contributed by atoms with Crippen molar-refractivity contribution in [3.8, 4) is 0 Å². The molecule has 2 heterocycles. The fraction of sp³-hybridized carbons (Fsp3) is 0.571. The molecule has 1 aromatic rings. The topological polar surface area (TPSA) is 63.2 Å². The summed E-state index contributed by atoms with van der Waals surface area (Å²) >= 11 is 0. The van der Waals surface area contributed by atoms with Gasteiger partial charge in [0.25, 0.3) is 5.91 Å². The zero-order chi connectivity index (χ0) is 13.5. The van der Waals surface area contributed by atoms with Crippen LogP contribution < -0.4 is 10.6 Å². The van der Waals surface area contributed by atoms with E-state index in [2.05, 4.69) is 15.6 Å². The van der Waals surface area contributed by atoms with Gasteiger partial charge in [-0.2, -0.15) is 0 Å². The summed E-state index contributed by atoms with van der Waals surface area (Å²) in [5.41, 5.74) is 0.459. The van der Waals surface area contributed by atoms with E-state index in [4.69, 9.17) is 4.74 Å². The van der Waals surface area contributed by atoms with Crippen LogP contribution in [0.4, 0.5) is 5.82 Å². The number of hydrogen-bond donors (Lipinski definition) is 2. The Bertz CT molecular complexity index is 417. The molecule has 0 spiro atoms. The van der Waals surface area contributed by atoms with Gasteiger partial charge in [0.1, 0.15) is 11.5 Å². The minimum atomic E-state index is -0.112. The summed E-state index contributed by atoms with van der Waals surface area (Å²) in [5, 5.41) is 6.01. The van der Waals surface area contributed by atoms with Crippen molar-refractivity contribution >= 4 is 11.7 Å². The third-order valence-electron chi connectivity index (χ3n) is 3.20. The standard InChI is InChI=1S/C14H21N3O2/c1-2-15-13-5-3-4-12(17-13)14(18)16-8-6-11-7-9-19-10-11/h3-5,11H,2,6-10H2,1H3,(H,15,17)(H,16,18). The number of carbonyl (C=O) groups is 1. The van der Waals surface area contributed by atoms with Crippen LogP contribution in [0.1, 0.15) is 30.3 Å². The first-order chi connectivity index (χ1) is 9.29. The molecule has 0 aliphatic carbocycles. The maximum Gasteiger partial charge on any atom is 0.269 e. The van der Waals surface area contributed by atoms with Crippen LogP contribution >= 0.6 is 0 Å².